The van der Waals surface area contributed by atoms with Crippen LogP contribution in [-0.2, 0) is 6.61 Å². The van der Waals surface area contributed by atoms with Crippen LogP contribution in [0.1, 0.15) is 27.2 Å². The minimum atomic E-state index is -0.300. The lowest BCUT2D eigenvalue weighted by Crippen LogP contribution is -2.11. The minimum Gasteiger partial charge on any atom is -0.506 e. The Balaban J connectivity index is 1.39. The quantitative estimate of drug-likeness (QED) is 0.495. The number of phenols is 1. The summed E-state index contributed by atoms with van der Waals surface area (Å²) in [5.74, 6) is 0.389. The summed E-state index contributed by atoms with van der Waals surface area (Å²) in [6.45, 7) is 4.24. The Kier molecular flexibility index (Phi) is 4.91. The molecule has 0 aliphatic rings. The van der Waals surface area contributed by atoms with Crippen LogP contribution in [0.25, 0.3) is 5.65 Å². The lowest BCUT2D eigenvalue weighted by molar-refractivity contribution is 0.102. The molecule has 2 heterocycles. The Morgan fingerprint density at radius 3 is 2.55 bits per heavy atom. The van der Waals surface area contributed by atoms with Gasteiger partial charge in [-0.05, 0) is 67.4 Å². The van der Waals surface area contributed by atoms with E-state index in [1.165, 1.54) is 0 Å². The highest BCUT2D eigenvalue weighted by molar-refractivity contribution is 6.05. The van der Waals surface area contributed by atoms with Gasteiger partial charge >= 0.3 is 0 Å². The Hall–Kier alpha value is -3.80. The van der Waals surface area contributed by atoms with Crippen molar-refractivity contribution in [2.24, 2.45) is 0 Å². The number of pyridine rings is 1. The fourth-order valence-corrected chi connectivity index (χ4v) is 3.03. The van der Waals surface area contributed by atoms with E-state index in [-0.39, 0.29) is 11.7 Å². The van der Waals surface area contributed by atoms with E-state index in [9.17, 15) is 9.90 Å². The number of anilines is 1. The van der Waals surface area contributed by atoms with Gasteiger partial charge < -0.3 is 19.6 Å². The van der Waals surface area contributed by atoms with Crippen molar-refractivity contribution in [1.82, 2.24) is 9.38 Å². The summed E-state index contributed by atoms with van der Waals surface area (Å²) in [6.07, 6.45) is 3.96. The number of phenolic OH excluding ortho intramolecular Hbond substituents is 1. The van der Waals surface area contributed by atoms with Crippen LogP contribution in [0, 0.1) is 13.8 Å². The molecule has 29 heavy (non-hydrogen) atoms. The molecular formula is C23H21N3O3. The largest absolute Gasteiger partial charge is 0.506 e. The first-order valence-electron chi connectivity index (χ1n) is 9.26. The van der Waals surface area contributed by atoms with Crippen molar-refractivity contribution in [1.29, 1.82) is 0 Å². The number of hydrogen-bond donors (Lipinski definition) is 2. The molecule has 0 unspecified atom stereocenters. The first-order valence-corrected chi connectivity index (χ1v) is 9.26. The summed E-state index contributed by atoms with van der Waals surface area (Å²) in [6, 6.07) is 15.9. The van der Waals surface area contributed by atoms with Crippen LogP contribution in [0.5, 0.6) is 11.5 Å². The number of aromatic nitrogens is 2. The Labute approximate surface area is 168 Å². The van der Waals surface area contributed by atoms with E-state index in [4.69, 9.17) is 4.74 Å². The van der Waals surface area contributed by atoms with E-state index < -0.39 is 0 Å². The second-order valence-corrected chi connectivity index (χ2v) is 6.99. The zero-order valence-corrected chi connectivity index (χ0v) is 16.2. The average Bonchev–Trinajstić information content (AvgIpc) is 3.11. The maximum absolute atomic E-state index is 12.4. The van der Waals surface area contributed by atoms with Crippen molar-refractivity contribution in [3.05, 3.63) is 89.4 Å². The van der Waals surface area contributed by atoms with Gasteiger partial charge in [-0.2, -0.15) is 0 Å². The molecule has 0 radical (unpaired) electrons. The second kappa shape index (κ2) is 7.67. The third kappa shape index (κ3) is 4.21. The van der Waals surface area contributed by atoms with Crippen molar-refractivity contribution in [2.75, 3.05) is 5.32 Å². The van der Waals surface area contributed by atoms with Crippen molar-refractivity contribution in [2.45, 2.75) is 20.5 Å². The Morgan fingerprint density at radius 2 is 1.79 bits per heavy atom. The van der Waals surface area contributed by atoms with Gasteiger partial charge in [0.25, 0.3) is 5.91 Å². The fraction of sp³-hybridized carbons (Fsp3) is 0.130. The number of benzene rings is 2. The lowest BCUT2D eigenvalue weighted by Gasteiger charge is -2.09. The maximum atomic E-state index is 12.4. The number of nitrogens with zero attached hydrogens (tertiary/aromatic N) is 2. The minimum absolute atomic E-state index is 0.0425. The Bertz CT molecular complexity index is 1180. The lowest BCUT2D eigenvalue weighted by atomic mass is 10.1. The van der Waals surface area contributed by atoms with Gasteiger partial charge in [-0.1, -0.05) is 12.1 Å². The van der Waals surface area contributed by atoms with E-state index in [0.29, 0.717) is 23.6 Å². The molecule has 2 N–H and O–H groups in total. The van der Waals surface area contributed by atoms with Gasteiger partial charge in [-0.25, -0.2) is 4.98 Å². The molecule has 1 amide bonds. The van der Waals surface area contributed by atoms with Gasteiger partial charge in [0.05, 0.1) is 11.4 Å². The third-order valence-corrected chi connectivity index (χ3v) is 4.55. The van der Waals surface area contributed by atoms with Gasteiger partial charge in [0, 0.05) is 18.0 Å². The highest BCUT2D eigenvalue weighted by atomic mass is 16.5. The summed E-state index contributed by atoms with van der Waals surface area (Å²) >= 11 is 0. The number of carbonyl (C=O) groups excluding carboxylic acids is 1. The number of aryl methyl sites for hydroxylation is 2. The number of ether oxygens (including phenoxy) is 1. The van der Waals surface area contributed by atoms with Gasteiger partial charge in [-0.15, -0.1) is 0 Å². The fourth-order valence-electron chi connectivity index (χ4n) is 3.03. The summed E-state index contributed by atoms with van der Waals surface area (Å²) in [5.41, 5.74) is 4.63. The first-order chi connectivity index (χ1) is 14.0. The highest BCUT2D eigenvalue weighted by Crippen LogP contribution is 2.24. The average molecular weight is 387 g/mol. The summed E-state index contributed by atoms with van der Waals surface area (Å²) in [5, 5.41) is 12.6. The molecule has 0 aliphatic carbocycles. The van der Waals surface area contributed by atoms with Crippen LogP contribution in [0.3, 0.4) is 0 Å². The predicted octanol–water partition coefficient (Wildman–Crippen LogP) is 4.49. The molecule has 146 valence electrons. The zero-order valence-electron chi connectivity index (χ0n) is 16.2. The molecule has 4 aromatic rings. The molecule has 0 aliphatic heterocycles. The Morgan fingerprint density at radius 1 is 1.03 bits per heavy atom. The molecule has 0 fully saturated rings. The molecule has 0 saturated carbocycles. The normalized spacial score (nSPS) is 10.8. The van der Waals surface area contributed by atoms with Crippen molar-refractivity contribution < 1.29 is 14.6 Å². The SMILES string of the molecule is Cc1ccc(NC(=O)c2ccc(OCc3cn4cc(C)ccc4n3)cc2)c(O)c1. The van der Waals surface area contributed by atoms with Gasteiger partial charge in [-0.3, -0.25) is 4.79 Å². The van der Waals surface area contributed by atoms with E-state index in [0.717, 1.165) is 22.5 Å². The third-order valence-electron chi connectivity index (χ3n) is 4.55. The number of nitrogens with one attached hydrogen (secondary N) is 1. The summed E-state index contributed by atoms with van der Waals surface area (Å²) in [4.78, 5) is 16.9. The van der Waals surface area contributed by atoms with Gasteiger partial charge in [0.2, 0.25) is 0 Å². The molecule has 6 heteroatoms. The number of imidazole rings is 1. The van der Waals surface area contributed by atoms with Crippen LogP contribution in [0.2, 0.25) is 0 Å². The van der Waals surface area contributed by atoms with Crippen LogP contribution in [0.15, 0.2) is 67.0 Å². The van der Waals surface area contributed by atoms with E-state index in [1.54, 1.807) is 36.4 Å². The standard InChI is InChI=1S/C23H21N3O3/c1-15-3-9-20(21(27)11-15)25-23(28)17-5-7-19(8-6-17)29-14-18-13-26-12-16(2)4-10-22(26)24-18/h3-13,27H,14H2,1-2H3,(H,25,28). The van der Waals surface area contributed by atoms with Crippen LogP contribution in [-0.4, -0.2) is 20.4 Å². The molecule has 0 atom stereocenters. The number of fused-ring (bicyclic) bond motifs is 1. The van der Waals surface area contributed by atoms with Crippen molar-refractivity contribution in [3.63, 3.8) is 0 Å². The summed E-state index contributed by atoms with van der Waals surface area (Å²) in [7, 11) is 0. The van der Waals surface area contributed by atoms with Crippen LogP contribution >= 0.6 is 0 Å². The van der Waals surface area contributed by atoms with Crippen LogP contribution < -0.4 is 10.1 Å². The number of hydrogen-bond acceptors (Lipinski definition) is 4. The molecule has 6 nitrogen and oxygen atoms in total. The van der Waals surface area contributed by atoms with Gasteiger partial charge in [0.15, 0.2) is 0 Å². The predicted molar refractivity (Wildman–Crippen MR) is 112 cm³/mol. The van der Waals surface area contributed by atoms with Gasteiger partial charge in [0.1, 0.15) is 23.8 Å². The number of amides is 1. The van der Waals surface area contributed by atoms with Crippen molar-refractivity contribution in [3.8, 4) is 11.5 Å². The second-order valence-electron chi connectivity index (χ2n) is 6.99. The maximum Gasteiger partial charge on any atom is 0.255 e. The molecule has 4 rings (SSSR count). The topological polar surface area (TPSA) is 75.9 Å². The number of rotatable bonds is 5. The molecule has 0 saturated heterocycles. The molecule has 2 aromatic carbocycles. The number of carbonyl (C=O) groups is 1. The molecular weight excluding hydrogens is 366 g/mol. The highest BCUT2D eigenvalue weighted by Gasteiger charge is 2.10. The van der Waals surface area contributed by atoms with E-state index in [1.807, 2.05) is 48.8 Å². The first kappa shape index (κ1) is 18.6. The van der Waals surface area contributed by atoms with Crippen molar-refractivity contribution >= 4 is 17.2 Å². The van der Waals surface area contributed by atoms with Crippen LogP contribution in [0.4, 0.5) is 5.69 Å². The molecule has 0 spiro atoms. The van der Waals surface area contributed by atoms with E-state index >= 15 is 0 Å². The molecule has 0 bridgehead atoms. The summed E-state index contributed by atoms with van der Waals surface area (Å²) < 4.78 is 7.76. The van der Waals surface area contributed by atoms with E-state index in [2.05, 4.69) is 10.3 Å². The zero-order chi connectivity index (χ0) is 20.4. The number of aromatic hydroxyl groups is 1. The monoisotopic (exact) mass is 387 g/mol. The smallest absolute Gasteiger partial charge is 0.255 e. The molecule has 2 aromatic heterocycles.